The molecule has 4 heteroatoms. The molecule has 0 aliphatic heterocycles. The van der Waals surface area contributed by atoms with E-state index >= 15 is 0 Å². The molecule has 16 heavy (non-hydrogen) atoms. The summed E-state index contributed by atoms with van der Waals surface area (Å²) >= 11 is 11.9. The molecule has 0 amide bonds. The maximum Gasteiger partial charge on any atom is 0.0976 e. The van der Waals surface area contributed by atoms with Gasteiger partial charge in [0.1, 0.15) is 0 Å². The van der Waals surface area contributed by atoms with Gasteiger partial charge in [0.05, 0.1) is 18.1 Å². The molecule has 0 radical (unpaired) electrons. The quantitative estimate of drug-likeness (QED) is 0.888. The molecule has 1 N–H and O–H groups in total. The monoisotopic (exact) mass is 257 g/mol. The van der Waals surface area contributed by atoms with Gasteiger partial charge in [-0.2, -0.15) is 5.26 Å². The summed E-state index contributed by atoms with van der Waals surface area (Å²) in [5, 5.41) is 19.9. The largest absolute Gasteiger partial charge is 0.387 e. The highest BCUT2D eigenvalue weighted by Gasteiger charge is 2.24. The van der Waals surface area contributed by atoms with Crippen LogP contribution in [0.4, 0.5) is 0 Å². The molecule has 86 valence electrons. The molecule has 0 heterocycles. The molecule has 0 fully saturated rings. The molecular formula is C12H13Cl2NO. The lowest BCUT2D eigenvalue weighted by Gasteiger charge is -2.18. The second kappa shape index (κ2) is 6.10. The minimum atomic E-state index is -0.925. The van der Waals surface area contributed by atoms with Crippen LogP contribution in [-0.2, 0) is 0 Å². The van der Waals surface area contributed by atoms with E-state index in [1.807, 2.05) is 6.92 Å². The van der Waals surface area contributed by atoms with Gasteiger partial charge < -0.3 is 5.11 Å². The first kappa shape index (κ1) is 13.3. The van der Waals surface area contributed by atoms with Crippen molar-refractivity contribution < 1.29 is 5.11 Å². The van der Waals surface area contributed by atoms with Crippen LogP contribution >= 0.6 is 23.2 Å². The van der Waals surface area contributed by atoms with Crippen LogP contribution in [0.1, 0.15) is 31.4 Å². The van der Waals surface area contributed by atoms with Crippen LogP contribution in [-0.4, -0.2) is 5.11 Å². The van der Waals surface area contributed by atoms with Gasteiger partial charge in [-0.3, -0.25) is 0 Å². The summed E-state index contributed by atoms with van der Waals surface area (Å²) in [5.41, 5.74) is 0.450. The van der Waals surface area contributed by atoms with Crippen LogP contribution < -0.4 is 0 Å². The van der Waals surface area contributed by atoms with Gasteiger partial charge in [-0.25, -0.2) is 0 Å². The Balaban J connectivity index is 3.04. The van der Waals surface area contributed by atoms with Crippen molar-refractivity contribution >= 4 is 23.2 Å². The van der Waals surface area contributed by atoms with Crippen molar-refractivity contribution in [1.82, 2.24) is 0 Å². The lowest BCUT2D eigenvalue weighted by atomic mass is 9.93. The predicted molar refractivity (Wildman–Crippen MR) is 65.4 cm³/mol. The maximum absolute atomic E-state index is 10.1. The van der Waals surface area contributed by atoms with Gasteiger partial charge in [0.15, 0.2) is 0 Å². The lowest BCUT2D eigenvalue weighted by Crippen LogP contribution is -2.11. The van der Waals surface area contributed by atoms with E-state index in [0.29, 0.717) is 22.0 Å². The summed E-state index contributed by atoms with van der Waals surface area (Å²) in [5.74, 6) is -0.470. The number of aliphatic hydroxyl groups is 1. The summed E-state index contributed by atoms with van der Waals surface area (Å²) in [6.45, 7) is 1.96. The molecule has 0 spiro atoms. The van der Waals surface area contributed by atoms with Crippen molar-refractivity contribution in [1.29, 1.82) is 5.26 Å². The number of nitriles is 1. The number of aliphatic hydroxyl groups excluding tert-OH is 1. The Hall–Kier alpha value is -0.750. The SMILES string of the molecule is CCCC(C#N)C(O)c1c(Cl)cccc1Cl. The fraction of sp³-hybridized carbons (Fsp3) is 0.417. The zero-order chi connectivity index (χ0) is 12.1. The summed E-state index contributed by atoms with van der Waals surface area (Å²) < 4.78 is 0. The summed E-state index contributed by atoms with van der Waals surface area (Å²) in [7, 11) is 0. The van der Waals surface area contributed by atoms with Crippen molar-refractivity contribution in [3.63, 3.8) is 0 Å². The zero-order valence-electron chi connectivity index (χ0n) is 8.95. The molecule has 0 saturated carbocycles. The first-order valence-corrected chi connectivity index (χ1v) is 5.89. The highest BCUT2D eigenvalue weighted by atomic mass is 35.5. The van der Waals surface area contributed by atoms with Crippen LogP contribution in [0.5, 0.6) is 0 Å². The molecular weight excluding hydrogens is 245 g/mol. The van der Waals surface area contributed by atoms with E-state index in [-0.39, 0.29) is 0 Å². The van der Waals surface area contributed by atoms with Crippen molar-refractivity contribution in [2.75, 3.05) is 0 Å². The molecule has 2 atom stereocenters. The summed E-state index contributed by atoms with van der Waals surface area (Å²) in [4.78, 5) is 0. The Morgan fingerprint density at radius 3 is 2.38 bits per heavy atom. The third-order valence-electron chi connectivity index (χ3n) is 2.44. The number of hydrogen-bond acceptors (Lipinski definition) is 2. The van der Waals surface area contributed by atoms with E-state index in [1.165, 1.54) is 0 Å². The highest BCUT2D eigenvalue weighted by molar-refractivity contribution is 6.36. The topological polar surface area (TPSA) is 44.0 Å². The van der Waals surface area contributed by atoms with Gasteiger partial charge in [-0.1, -0.05) is 42.6 Å². The van der Waals surface area contributed by atoms with Crippen LogP contribution in [0.2, 0.25) is 10.0 Å². The molecule has 2 unspecified atom stereocenters. The van der Waals surface area contributed by atoms with E-state index in [4.69, 9.17) is 28.5 Å². The van der Waals surface area contributed by atoms with Crippen molar-refractivity contribution in [3.8, 4) is 6.07 Å². The predicted octanol–water partition coefficient (Wildman–Crippen LogP) is 3.97. The summed E-state index contributed by atoms with van der Waals surface area (Å²) in [6, 6.07) is 7.12. The molecule has 1 rings (SSSR count). The van der Waals surface area contributed by atoms with E-state index in [9.17, 15) is 5.11 Å². The Morgan fingerprint density at radius 2 is 1.94 bits per heavy atom. The first-order valence-electron chi connectivity index (χ1n) is 5.13. The van der Waals surface area contributed by atoms with E-state index in [2.05, 4.69) is 6.07 Å². The molecule has 0 aliphatic carbocycles. The second-order valence-electron chi connectivity index (χ2n) is 3.60. The van der Waals surface area contributed by atoms with E-state index in [1.54, 1.807) is 18.2 Å². The van der Waals surface area contributed by atoms with Crippen LogP contribution in [0.3, 0.4) is 0 Å². The van der Waals surface area contributed by atoms with Crippen LogP contribution in [0.15, 0.2) is 18.2 Å². The average molecular weight is 258 g/mol. The Kier molecular flexibility index (Phi) is 5.08. The van der Waals surface area contributed by atoms with Gasteiger partial charge in [0.25, 0.3) is 0 Å². The van der Waals surface area contributed by atoms with Crippen LogP contribution in [0.25, 0.3) is 0 Å². The third kappa shape index (κ3) is 2.89. The molecule has 1 aromatic carbocycles. The molecule has 1 aromatic rings. The van der Waals surface area contributed by atoms with Crippen molar-refractivity contribution in [2.24, 2.45) is 5.92 Å². The Morgan fingerprint density at radius 1 is 1.38 bits per heavy atom. The van der Waals surface area contributed by atoms with Gasteiger partial charge in [0.2, 0.25) is 0 Å². The normalized spacial score (nSPS) is 14.2. The lowest BCUT2D eigenvalue weighted by molar-refractivity contribution is 0.130. The standard InChI is InChI=1S/C12H13Cl2NO/c1-2-4-8(7-15)12(16)11-9(13)5-3-6-10(11)14/h3,5-6,8,12,16H,2,4H2,1H3. The smallest absolute Gasteiger partial charge is 0.0976 e. The van der Waals surface area contributed by atoms with Gasteiger partial charge in [0, 0.05) is 15.6 Å². The van der Waals surface area contributed by atoms with E-state index < -0.39 is 12.0 Å². The summed E-state index contributed by atoms with van der Waals surface area (Å²) in [6.07, 6.45) is 0.530. The van der Waals surface area contributed by atoms with Crippen molar-refractivity contribution in [2.45, 2.75) is 25.9 Å². The highest BCUT2D eigenvalue weighted by Crippen LogP contribution is 2.35. The fourth-order valence-electron chi connectivity index (χ4n) is 1.60. The molecule has 0 saturated heterocycles. The Bertz CT molecular complexity index is 380. The zero-order valence-corrected chi connectivity index (χ0v) is 10.5. The number of halogens is 2. The maximum atomic E-state index is 10.1. The van der Waals surface area contributed by atoms with Gasteiger partial charge in [-0.05, 0) is 18.6 Å². The number of benzene rings is 1. The second-order valence-corrected chi connectivity index (χ2v) is 4.42. The first-order chi connectivity index (χ1) is 7.61. The number of nitrogens with zero attached hydrogens (tertiary/aromatic N) is 1. The molecule has 0 aromatic heterocycles. The average Bonchev–Trinajstić information content (AvgIpc) is 2.25. The fourth-order valence-corrected chi connectivity index (χ4v) is 2.22. The van der Waals surface area contributed by atoms with E-state index in [0.717, 1.165) is 6.42 Å². The molecule has 2 nitrogen and oxygen atoms in total. The minimum Gasteiger partial charge on any atom is -0.387 e. The van der Waals surface area contributed by atoms with Gasteiger partial charge >= 0.3 is 0 Å². The molecule has 0 aliphatic rings. The number of hydrogen-bond donors (Lipinski definition) is 1. The van der Waals surface area contributed by atoms with Crippen molar-refractivity contribution in [3.05, 3.63) is 33.8 Å². The third-order valence-corrected chi connectivity index (χ3v) is 3.10. The Labute approximate surface area is 105 Å². The van der Waals surface area contributed by atoms with Gasteiger partial charge in [-0.15, -0.1) is 0 Å². The molecule has 0 bridgehead atoms. The number of rotatable bonds is 4. The minimum absolute atomic E-state index is 0.399. The van der Waals surface area contributed by atoms with Crippen LogP contribution in [0, 0.1) is 17.2 Å².